The van der Waals surface area contributed by atoms with E-state index in [0.717, 1.165) is 22.1 Å². The van der Waals surface area contributed by atoms with Gasteiger partial charge in [-0.3, -0.25) is 9.69 Å². The van der Waals surface area contributed by atoms with Crippen molar-refractivity contribution >= 4 is 28.5 Å². The third kappa shape index (κ3) is 4.18. The number of carbonyl (C=O) groups is 1. The van der Waals surface area contributed by atoms with Crippen LogP contribution in [0.5, 0.6) is 0 Å². The van der Waals surface area contributed by atoms with Crippen molar-refractivity contribution in [3.05, 3.63) is 33.4 Å². The van der Waals surface area contributed by atoms with E-state index >= 15 is 0 Å². The summed E-state index contributed by atoms with van der Waals surface area (Å²) in [6.45, 7) is 5.30. The predicted octanol–water partition coefficient (Wildman–Crippen LogP) is 2.90. The highest BCUT2D eigenvalue weighted by Crippen LogP contribution is 2.14. The van der Waals surface area contributed by atoms with Crippen LogP contribution in [0, 0.1) is 3.57 Å². The highest BCUT2D eigenvalue weighted by atomic mass is 127. The van der Waals surface area contributed by atoms with E-state index in [1.807, 2.05) is 24.3 Å². The van der Waals surface area contributed by atoms with Crippen LogP contribution >= 0.6 is 22.6 Å². The topological polar surface area (TPSA) is 32.3 Å². The van der Waals surface area contributed by atoms with Crippen molar-refractivity contribution in [3.63, 3.8) is 0 Å². The van der Waals surface area contributed by atoms with Gasteiger partial charge in [-0.05, 0) is 73.1 Å². The highest BCUT2D eigenvalue weighted by Gasteiger charge is 2.20. The van der Waals surface area contributed by atoms with Crippen LogP contribution in [0.25, 0.3) is 0 Å². The minimum atomic E-state index is 0.0381. The average molecular weight is 372 g/mol. The normalized spacial score (nSPS) is 17.4. The molecule has 0 aliphatic carbocycles. The van der Waals surface area contributed by atoms with Crippen molar-refractivity contribution < 1.29 is 4.79 Å². The zero-order valence-corrected chi connectivity index (χ0v) is 13.5. The SMILES string of the molecule is CC[C@@H](CNC(=O)c1cccc(I)c1)N1CCCC1. The largest absolute Gasteiger partial charge is 0.350 e. The second kappa shape index (κ2) is 7.24. The van der Waals surface area contributed by atoms with Gasteiger partial charge in [-0.25, -0.2) is 0 Å². The minimum Gasteiger partial charge on any atom is -0.350 e. The van der Waals surface area contributed by atoms with E-state index in [-0.39, 0.29) is 5.91 Å². The quantitative estimate of drug-likeness (QED) is 0.807. The van der Waals surface area contributed by atoms with Gasteiger partial charge in [0.2, 0.25) is 0 Å². The number of hydrogen-bond acceptors (Lipinski definition) is 2. The molecular formula is C15H21IN2O. The van der Waals surface area contributed by atoms with Crippen LogP contribution in [-0.4, -0.2) is 36.5 Å². The summed E-state index contributed by atoms with van der Waals surface area (Å²) < 4.78 is 1.09. The van der Waals surface area contributed by atoms with Gasteiger partial charge < -0.3 is 5.32 Å². The van der Waals surface area contributed by atoms with Crippen LogP contribution in [0.1, 0.15) is 36.5 Å². The molecule has 1 fully saturated rings. The molecule has 0 spiro atoms. The highest BCUT2D eigenvalue weighted by molar-refractivity contribution is 14.1. The molecule has 0 aromatic heterocycles. The molecule has 19 heavy (non-hydrogen) atoms. The van der Waals surface area contributed by atoms with Gasteiger partial charge in [0.25, 0.3) is 5.91 Å². The fourth-order valence-electron chi connectivity index (χ4n) is 2.58. The van der Waals surface area contributed by atoms with Gasteiger partial charge in [-0.2, -0.15) is 0 Å². The van der Waals surface area contributed by atoms with Crippen LogP contribution in [0.3, 0.4) is 0 Å². The minimum absolute atomic E-state index is 0.0381. The molecule has 4 heteroatoms. The van der Waals surface area contributed by atoms with E-state index in [9.17, 15) is 4.79 Å². The van der Waals surface area contributed by atoms with Gasteiger partial charge in [0.05, 0.1) is 0 Å². The molecule has 0 unspecified atom stereocenters. The van der Waals surface area contributed by atoms with E-state index in [0.29, 0.717) is 6.04 Å². The lowest BCUT2D eigenvalue weighted by Crippen LogP contribution is -2.42. The van der Waals surface area contributed by atoms with E-state index in [1.54, 1.807) is 0 Å². The summed E-state index contributed by atoms with van der Waals surface area (Å²) >= 11 is 2.23. The maximum Gasteiger partial charge on any atom is 0.251 e. The first kappa shape index (κ1) is 14.8. The molecule has 1 amide bonds. The summed E-state index contributed by atoms with van der Waals surface area (Å²) in [5, 5.41) is 3.07. The van der Waals surface area contributed by atoms with Gasteiger partial charge in [0.15, 0.2) is 0 Å². The summed E-state index contributed by atoms with van der Waals surface area (Å²) in [6, 6.07) is 8.19. The summed E-state index contributed by atoms with van der Waals surface area (Å²) in [6.07, 6.45) is 3.68. The number of rotatable bonds is 5. The van der Waals surface area contributed by atoms with Crippen LogP contribution in [0.4, 0.5) is 0 Å². The molecule has 1 aromatic carbocycles. The predicted molar refractivity (Wildman–Crippen MR) is 86.4 cm³/mol. The van der Waals surface area contributed by atoms with Crippen molar-refractivity contribution in [2.75, 3.05) is 19.6 Å². The Balaban J connectivity index is 1.88. The molecule has 1 aliphatic heterocycles. The Morgan fingerprint density at radius 3 is 2.79 bits per heavy atom. The zero-order valence-electron chi connectivity index (χ0n) is 11.4. The molecule has 1 aliphatic rings. The zero-order chi connectivity index (χ0) is 13.7. The molecule has 0 radical (unpaired) electrons. The molecule has 104 valence electrons. The number of carbonyl (C=O) groups excluding carboxylic acids is 1. The lowest BCUT2D eigenvalue weighted by Gasteiger charge is -2.26. The van der Waals surface area contributed by atoms with E-state index < -0.39 is 0 Å². The summed E-state index contributed by atoms with van der Waals surface area (Å²) in [5.74, 6) is 0.0381. The molecule has 3 nitrogen and oxygen atoms in total. The third-order valence-electron chi connectivity index (χ3n) is 3.71. The molecule has 1 heterocycles. The van der Waals surface area contributed by atoms with Crippen molar-refractivity contribution in [2.24, 2.45) is 0 Å². The van der Waals surface area contributed by atoms with Gasteiger partial charge in [0.1, 0.15) is 0 Å². The summed E-state index contributed by atoms with van der Waals surface area (Å²) in [4.78, 5) is 14.6. The first-order valence-corrected chi connectivity index (χ1v) is 8.06. The van der Waals surface area contributed by atoms with E-state index in [4.69, 9.17) is 0 Å². The Morgan fingerprint density at radius 1 is 1.42 bits per heavy atom. The molecule has 1 N–H and O–H groups in total. The van der Waals surface area contributed by atoms with Crippen molar-refractivity contribution in [2.45, 2.75) is 32.2 Å². The fraction of sp³-hybridized carbons (Fsp3) is 0.533. The van der Waals surface area contributed by atoms with E-state index in [2.05, 4.69) is 39.7 Å². The standard InChI is InChI=1S/C15H21IN2O/c1-2-14(18-8-3-4-9-18)11-17-15(19)12-6-5-7-13(16)10-12/h5-7,10,14H,2-4,8-9,11H2,1H3,(H,17,19)/t14-/m0/s1. The molecular weight excluding hydrogens is 351 g/mol. The molecule has 0 saturated carbocycles. The number of nitrogens with zero attached hydrogens (tertiary/aromatic N) is 1. The first-order chi connectivity index (χ1) is 9.20. The number of halogens is 1. The number of benzene rings is 1. The molecule has 1 atom stereocenters. The lowest BCUT2D eigenvalue weighted by atomic mass is 10.1. The fourth-order valence-corrected chi connectivity index (χ4v) is 3.12. The summed E-state index contributed by atoms with van der Waals surface area (Å²) in [5.41, 5.74) is 0.753. The van der Waals surface area contributed by atoms with Crippen LogP contribution in [-0.2, 0) is 0 Å². The van der Waals surface area contributed by atoms with E-state index in [1.165, 1.54) is 25.9 Å². The van der Waals surface area contributed by atoms with Gasteiger partial charge in [-0.15, -0.1) is 0 Å². The first-order valence-electron chi connectivity index (χ1n) is 6.98. The van der Waals surface area contributed by atoms with Crippen LogP contribution < -0.4 is 5.32 Å². The Labute approximate surface area is 128 Å². The average Bonchev–Trinajstić information content (AvgIpc) is 2.93. The van der Waals surface area contributed by atoms with Crippen LogP contribution in [0.2, 0.25) is 0 Å². The Bertz CT molecular complexity index is 430. The molecule has 0 bridgehead atoms. The molecule has 2 rings (SSSR count). The monoisotopic (exact) mass is 372 g/mol. The number of hydrogen-bond donors (Lipinski definition) is 1. The number of amides is 1. The Morgan fingerprint density at radius 2 is 2.16 bits per heavy atom. The molecule has 1 aromatic rings. The third-order valence-corrected chi connectivity index (χ3v) is 4.38. The second-order valence-electron chi connectivity index (χ2n) is 5.03. The number of likely N-dealkylation sites (tertiary alicyclic amines) is 1. The smallest absolute Gasteiger partial charge is 0.251 e. The lowest BCUT2D eigenvalue weighted by molar-refractivity contribution is 0.0937. The van der Waals surface area contributed by atoms with Gasteiger partial charge in [0, 0.05) is 21.7 Å². The van der Waals surface area contributed by atoms with Gasteiger partial charge >= 0.3 is 0 Å². The number of nitrogens with one attached hydrogen (secondary N) is 1. The summed E-state index contributed by atoms with van der Waals surface area (Å²) in [7, 11) is 0. The maximum absolute atomic E-state index is 12.1. The van der Waals surface area contributed by atoms with Crippen molar-refractivity contribution in [3.8, 4) is 0 Å². The van der Waals surface area contributed by atoms with Crippen molar-refractivity contribution in [1.29, 1.82) is 0 Å². The van der Waals surface area contributed by atoms with Crippen molar-refractivity contribution in [1.82, 2.24) is 10.2 Å². The maximum atomic E-state index is 12.1. The van der Waals surface area contributed by atoms with Gasteiger partial charge in [-0.1, -0.05) is 13.0 Å². The Hall–Kier alpha value is -0.620. The Kier molecular flexibility index (Phi) is 5.63. The van der Waals surface area contributed by atoms with Crippen LogP contribution in [0.15, 0.2) is 24.3 Å². The second-order valence-corrected chi connectivity index (χ2v) is 6.27. The molecule has 1 saturated heterocycles.